The highest BCUT2D eigenvalue weighted by Gasteiger charge is 2.11. The van der Waals surface area contributed by atoms with Gasteiger partial charge in [0, 0.05) is 17.4 Å². The zero-order valence-corrected chi connectivity index (χ0v) is 18.1. The van der Waals surface area contributed by atoms with Gasteiger partial charge in [0.15, 0.2) is 0 Å². The van der Waals surface area contributed by atoms with Crippen LogP contribution in [0.15, 0.2) is 40.8 Å². The molecule has 1 amide bonds. The quantitative estimate of drug-likeness (QED) is 0.482. The number of carbonyl (C=O) groups is 1. The second-order valence-corrected chi connectivity index (χ2v) is 8.10. The number of benzene rings is 1. The Morgan fingerprint density at radius 3 is 2.35 bits per heavy atom. The molecule has 0 saturated carbocycles. The summed E-state index contributed by atoms with van der Waals surface area (Å²) in [5.41, 5.74) is 5.09. The molecule has 0 aromatic heterocycles. The van der Waals surface area contributed by atoms with Crippen LogP contribution in [0.4, 0.5) is 0 Å². The fourth-order valence-corrected chi connectivity index (χ4v) is 3.49. The van der Waals surface area contributed by atoms with Gasteiger partial charge in [-0.05, 0) is 50.1 Å². The van der Waals surface area contributed by atoms with E-state index in [-0.39, 0.29) is 11.8 Å². The standard InChI is InChI=1S/C23H35NOS/c1-7-9-10-19(6)23(25)24-15-20-11-13-21(14-12-20)22(17(3)4)26-16-18(5)8-2/h11-14,16,19H,7-10,15H2,1-6H3,(H,24,25). The van der Waals surface area contributed by atoms with Crippen molar-refractivity contribution in [3.63, 3.8) is 0 Å². The third-order valence-electron chi connectivity index (χ3n) is 4.51. The Labute approximate surface area is 164 Å². The van der Waals surface area contributed by atoms with Crippen LogP contribution in [0, 0.1) is 5.92 Å². The lowest BCUT2D eigenvalue weighted by molar-refractivity contribution is -0.124. The Morgan fingerprint density at radius 1 is 1.15 bits per heavy atom. The second-order valence-electron chi connectivity index (χ2n) is 7.22. The molecule has 26 heavy (non-hydrogen) atoms. The average molecular weight is 374 g/mol. The molecule has 2 nitrogen and oxygen atoms in total. The summed E-state index contributed by atoms with van der Waals surface area (Å²) < 4.78 is 0. The molecule has 0 spiro atoms. The van der Waals surface area contributed by atoms with Gasteiger partial charge in [0.1, 0.15) is 0 Å². The minimum absolute atomic E-state index is 0.0940. The average Bonchev–Trinajstić information content (AvgIpc) is 2.64. The molecule has 1 rings (SSSR count). The lowest BCUT2D eigenvalue weighted by Gasteiger charge is -2.13. The number of amides is 1. The summed E-state index contributed by atoms with van der Waals surface area (Å²) in [6, 6.07) is 8.55. The Hall–Kier alpha value is -1.48. The molecule has 0 fully saturated rings. The fourth-order valence-electron chi connectivity index (χ4n) is 2.50. The lowest BCUT2D eigenvalue weighted by atomic mass is 10.0. The zero-order chi connectivity index (χ0) is 19.5. The summed E-state index contributed by atoms with van der Waals surface area (Å²) in [6.45, 7) is 13.4. The van der Waals surface area contributed by atoms with Crippen molar-refractivity contribution in [1.82, 2.24) is 5.32 Å². The molecule has 0 aliphatic heterocycles. The molecule has 1 aromatic rings. The van der Waals surface area contributed by atoms with E-state index in [1.54, 1.807) is 11.8 Å². The maximum atomic E-state index is 12.1. The van der Waals surface area contributed by atoms with Crippen LogP contribution in [-0.2, 0) is 11.3 Å². The molecule has 1 unspecified atom stereocenters. The first kappa shape index (κ1) is 22.6. The van der Waals surface area contributed by atoms with E-state index in [1.165, 1.54) is 21.6 Å². The van der Waals surface area contributed by atoms with E-state index in [0.29, 0.717) is 6.54 Å². The topological polar surface area (TPSA) is 29.1 Å². The van der Waals surface area contributed by atoms with Crippen molar-refractivity contribution in [1.29, 1.82) is 0 Å². The molecule has 0 heterocycles. The molecule has 0 radical (unpaired) electrons. The number of carbonyl (C=O) groups excluding carboxylic acids is 1. The van der Waals surface area contributed by atoms with E-state index < -0.39 is 0 Å². The van der Waals surface area contributed by atoms with Crippen molar-refractivity contribution in [2.75, 3.05) is 0 Å². The van der Waals surface area contributed by atoms with Gasteiger partial charge in [0.2, 0.25) is 5.91 Å². The lowest BCUT2D eigenvalue weighted by Crippen LogP contribution is -2.28. The van der Waals surface area contributed by atoms with Crippen LogP contribution >= 0.6 is 11.8 Å². The van der Waals surface area contributed by atoms with Gasteiger partial charge < -0.3 is 5.32 Å². The molecular weight excluding hydrogens is 338 g/mol. The van der Waals surface area contributed by atoms with Gasteiger partial charge in [-0.3, -0.25) is 4.79 Å². The van der Waals surface area contributed by atoms with Crippen molar-refractivity contribution in [3.05, 3.63) is 51.9 Å². The van der Waals surface area contributed by atoms with E-state index in [9.17, 15) is 4.79 Å². The SMILES string of the molecule is CCCCC(C)C(=O)NCc1ccc(C(SC=C(C)CC)=C(C)C)cc1. The number of allylic oxidation sites excluding steroid dienone is 2. The van der Waals surface area contributed by atoms with Crippen molar-refractivity contribution in [2.24, 2.45) is 5.92 Å². The van der Waals surface area contributed by atoms with Crippen LogP contribution in [0.1, 0.15) is 78.4 Å². The highest BCUT2D eigenvalue weighted by Crippen LogP contribution is 2.32. The van der Waals surface area contributed by atoms with Crippen LogP contribution in [0.5, 0.6) is 0 Å². The molecule has 1 aromatic carbocycles. The number of nitrogens with one attached hydrogen (secondary N) is 1. The normalized spacial score (nSPS) is 12.6. The Bertz CT molecular complexity index is 624. The predicted octanol–water partition coefficient (Wildman–Crippen LogP) is 6.93. The van der Waals surface area contributed by atoms with Crippen LogP contribution < -0.4 is 5.32 Å². The van der Waals surface area contributed by atoms with E-state index in [2.05, 4.69) is 69.6 Å². The van der Waals surface area contributed by atoms with Crippen LogP contribution in [0.25, 0.3) is 4.91 Å². The van der Waals surface area contributed by atoms with Crippen molar-refractivity contribution in [3.8, 4) is 0 Å². The molecule has 144 valence electrons. The van der Waals surface area contributed by atoms with Gasteiger partial charge in [-0.25, -0.2) is 0 Å². The van der Waals surface area contributed by atoms with Gasteiger partial charge >= 0.3 is 0 Å². The van der Waals surface area contributed by atoms with Crippen LogP contribution in [-0.4, -0.2) is 5.91 Å². The summed E-state index contributed by atoms with van der Waals surface area (Å²) in [7, 11) is 0. The van der Waals surface area contributed by atoms with Crippen molar-refractivity contribution >= 4 is 22.6 Å². The maximum Gasteiger partial charge on any atom is 0.223 e. The zero-order valence-electron chi connectivity index (χ0n) is 17.3. The number of rotatable bonds is 10. The van der Waals surface area contributed by atoms with E-state index in [1.807, 2.05) is 6.92 Å². The Morgan fingerprint density at radius 2 is 1.81 bits per heavy atom. The third-order valence-corrected chi connectivity index (χ3v) is 5.91. The minimum atomic E-state index is 0.0940. The third kappa shape index (κ3) is 7.82. The molecular formula is C23H35NOS. The van der Waals surface area contributed by atoms with Crippen molar-refractivity contribution < 1.29 is 4.79 Å². The molecule has 0 aliphatic carbocycles. The number of hydrogen-bond acceptors (Lipinski definition) is 2. The van der Waals surface area contributed by atoms with E-state index in [0.717, 1.165) is 31.2 Å². The molecule has 1 N–H and O–H groups in total. The number of unbranched alkanes of at least 4 members (excludes halogenated alkanes) is 1. The molecule has 0 aliphatic rings. The van der Waals surface area contributed by atoms with Gasteiger partial charge in [0.25, 0.3) is 0 Å². The fraction of sp³-hybridized carbons (Fsp3) is 0.522. The smallest absolute Gasteiger partial charge is 0.223 e. The maximum absolute atomic E-state index is 12.1. The first-order chi connectivity index (χ1) is 12.4. The van der Waals surface area contributed by atoms with E-state index in [4.69, 9.17) is 0 Å². The minimum Gasteiger partial charge on any atom is -0.352 e. The monoisotopic (exact) mass is 373 g/mol. The summed E-state index contributed by atoms with van der Waals surface area (Å²) >= 11 is 1.80. The summed E-state index contributed by atoms with van der Waals surface area (Å²) in [6.07, 6.45) is 4.29. The largest absolute Gasteiger partial charge is 0.352 e. The van der Waals surface area contributed by atoms with Gasteiger partial charge in [-0.1, -0.05) is 80.8 Å². The van der Waals surface area contributed by atoms with Gasteiger partial charge in [0.05, 0.1) is 0 Å². The number of thioether (sulfide) groups is 1. The summed E-state index contributed by atoms with van der Waals surface area (Å²) in [4.78, 5) is 13.4. The predicted molar refractivity (Wildman–Crippen MR) is 117 cm³/mol. The number of hydrogen-bond donors (Lipinski definition) is 1. The highest BCUT2D eigenvalue weighted by molar-refractivity contribution is 8.11. The summed E-state index contributed by atoms with van der Waals surface area (Å²) in [5, 5.41) is 5.31. The highest BCUT2D eigenvalue weighted by atomic mass is 32.2. The Balaban J connectivity index is 2.69. The molecule has 0 saturated heterocycles. The molecule has 0 bridgehead atoms. The first-order valence-electron chi connectivity index (χ1n) is 9.75. The van der Waals surface area contributed by atoms with Gasteiger partial charge in [-0.2, -0.15) is 0 Å². The first-order valence-corrected chi connectivity index (χ1v) is 10.6. The molecule has 1 atom stereocenters. The molecule has 3 heteroatoms. The van der Waals surface area contributed by atoms with Crippen LogP contribution in [0.2, 0.25) is 0 Å². The van der Waals surface area contributed by atoms with Crippen molar-refractivity contribution in [2.45, 2.75) is 73.8 Å². The second kappa shape index (κ2) is 12.0. The van der Waals surface area contributed by atoms with Gasteiger partial charge in [-0.15, -0.1) is 0 Å². The van der Waals surface area contributed by atoms with Crippen LogP contribution in [0.3, 0.4) is 0 Å². The summed E-state index contributed by atoms with van der Waals surface area (Å²) in [5.74, 6) is 0.250. The van der Waals surface area contributed by atoms with E-state index >= 15 is 0 Å². The Kier molecular flexibility index (Phi) is 10.4.